The fourth-order valence-electron chi connectivity index (χ4n) is 2.45. The highest BCUT2D eigenvalue weighted by Gasteiger charge is 2.27. The van der Waals surface area contributed by atoms with E-state index in [0.717, 1.165) is 13.0 Å². The summed E-state index contributed by atoms with van der Waals surface area (Å²) in [6.07, 6.45) is 2.66. The maximum absolute atomic E-state index is 12.5. The van der Waals surface area contributed by atoms with Gasteiger partial charge < -0.3 is 15.0 Å². The molecule has 2 unspecified atom stereocenters. The van der Waals surface area contributed by atoms with Crippen LogP contribution in [0.5, 0.6) is 0 Å². The van der Waals surface area contributed by atoms with Crippen LogP contribution in [0.4, 0.5) is 5.82 Å². The monoisotopic (exact) mass is 311 g/mol. The van der Waals surface area contributed by atoms with E-state index in [1.54, 1.807) is 17.2 Å². The fraction of sp³-hybridized carbons (Fsp3) is 0.600. The molecule has 0 aliphatic carbocycles. The van der Waals surface area contributed by atoms with Gasteiger partial charge in [0.25, 0.3) is 5.91 Å². The maximum Gasteiger partial charge on any atom is 0.255 e. The van der Waals surface area contributed by atoms with Crippen molar-refractivity contribution in [2.45, 2.75) is 39.4 Å². The van der Waals surface area contributed by atoms with Crippen LogP contribution in [0.15, 0.2) is 12.3 Å². The summed E-state index contributed by atoms with van der Waals surface area (Å²) in [5, 5.41) is 3.61. The van der Waals surface area contributed by atoms with Crippen molar-refractivity contribution >= 4 is 23.3 Å². The summed E-state index contributed by atoms with van der Waals surface area (Å²) < 4.78 is 5.64. The quantitative estimate of drug-likeness (QED) is 0.929. The van der Waals surface area contributed by atoms with E-state index in [4.69, 9.17) is 16.3 Å². The molecule has 2 atom stereocenters. The van der Waals surface area contributed by atoms with Crippen molar-refractivity contribution in [3.8, 4) is 0 Å². The van der Waals surface area contributed by atoms with Crippen LogP contribution in [-0.4, -0.2) is 47.6 Å². The van der Waals surface area contributed by atoms with Gasteiger partial charge in [0.1, 0.15) is 5.82 Å². The van der Waals surface area contributed by atoms with Crippen molar-refractivity contribution in [1.29, 1.82) is 0 Å². The number of aromatic nitrogens is 1. The van der Waals surface area contributed by atoms with Gasteiger partial charge in [0.15, 0.2) is 0 Å². The van der Waals surface area contributed by atoms with Crippen molar-refractivity contribution in [2.75, 3.05) is 25.0 Å². The van der Waals surface area contributed by atoms with Crippen LogP contribution in [0.2, 0.25) is 5.02 Å². The number of nitrogens with zero attached hydrogens (tertiary/aromatic N) is 2. The second kappa shape index (κ2) is 7.09. The van der Waals surface area contributed by atoms with Gasteiger partial charge in [-0.05, 0) is 26.3 Å². The summed E-state index contributed by atoms with van der Waals surface area (Å²) in [7, 11) is 0. The predicted molar refractivity (Wildman–Crippen MR) is 83.9 cm³/mol. The van der Waals surface area contributed by atoms with E-state index >= 15 is 0 Å². The molecular weight excluding hydrogens is 290 g/mol. The number of pyridine rings is 1. The van der Waals surface area contributed by atoms with Crippen LogP contribution in [0.3, 0.4) is 0 Å². The minimum atomic E-state index is -0.0477. The minimum Gasteiger partial charge on any atom is -0.372 e. The molecule has 1 aliphatic heterocycles. The Morgan fingerprint density at radius 1 is 1.48 bits per heavy atom. The van der Waals surface area contributed by atoms with Crippen LogP contribution in [0.25, 0.3) is 0 Å². The molecule has 116 valence electrons. The lowest BCUT2D eigenvalue weighted by Crippen LogP contribution is -2.48. The molecule has 2 rings (SSSR count). The number of rotatable bonds is 4. The lowest BCUT2D eigenvalue weighted by Gasteiger charge is -2.35. The molecule has 0 radical (unpaired) electrons. The topological polar surface area (TPSA) is 54.5 Å². The fourth-order valence-corrected chi connectivity index (χ4v) is 2.69. The zero-order chi connectivity index (χ0) is 15.4. The zero-order valence-electron chi connectivity index (χ0n) is 12.7. The first-order valence-corrected chi connectivity index (χ1v) is 7.73. The van der Waals surface area contributed by atoms with Crippen molar-refractivity contribution < 1.29 is 9.53 Å². The van der Waals surface area contributed by atoms with Crippen LogP contribution in [-0.2, 0) is 4.74 Å². The molecule has 1 aliphatic rings. The van der Waals surface area contributed by atoms with E-state index in [0.29, 0.717) is 29.5 Å². The van der Waals surface area contributed by atoms with Gasteiger partial charge in [0.2, 0.25) is 0 Å². The van der Waals surface area contributed by atoms with Gasteiger partial charge in [0.05, 0.1) is 22.8 Å². The van der Waals surface area contributed by atoms with Gasteiger partial charge in [-0.1, -0.05) is 18.5 Å². The molecule has 5 nitrogen and oxygen atoms in total. The highest BCUT2D eigenvalue weighted by Crippen LogP contribution is 2.22. The Balaban J connectivity index is 2.10. The van der Waals surface area contributed by atoms with E-state index < -0.39 is 0 Å². The number of ether oxygens (including phenoxy) is 1. The third-order valence-corrected chi connectivity index (χ3v) is 3.63. The molecule has 1 aromatic rings. The van der Waals surface area contributed by atoms with Crippen LogP contribution in [0, 0.1) is 0 Å². The Morgan fingerprint density at radius 2 is 2.14 bits per heavy atom. The number of morpholine rings is 1. The van der Waals surface area contributed by atoms with E-state index in [-0.39, 0.29) is 18.1 Å². The van der Waals surface area contributed by atoms with Crippen molar-refractivity contribution in [1.82, 2.24) is 9.88 Å². The summed E-state index contributed by atoms with van der Waals surface area (Å²) >= 11 is 6.19. The van der Waals surface area contributed by atoms with Gasteiger partial charge in [-0.2, -0.15) is 0 Å². The largest absolute Gasteiger partial charge is 0.372 e. The molecule has 1 aromatic heterocycles. The molecule has 0 bridgehead atoms. The normalized spacial score (nSPS) is 22.2. The molecule has 0 saturated carbocycles. The maximum atomic E-state index is 12.5. The first-order valence-electron chi connectivity index (χ1n) is 7.35. The average Bonchev–Trinajstić information content (AvgIpc) is 2.44. The van der Waals surface area contributed by atoms with E-state index in [9.17, 15) is 4.79 Å². The molecule has 0 spiro atoms. The van der Waals surface area contributed by atoms with Gasteiger partial charge >= 0.3 is 0 Å². The van der Waals surface area contributed by atoms with Crippen LogP contribution >= 0.6 is 11.6 Å². The summed E-state index contributed by atoms with van der Waals surface area (Å²) in [5.74, 6) is 0.576. The summed E-state index contributed by atoms with van der Waals surface area (Å²) in [6.45, 7) is 8.00. The highest BCUT2D eigenvalue weighted by atomic mass is 35.5. The Morgan fingerprint density at radius 3 is 2.71 bits per heavy atom. The molecule has 1 amide bonds. The Hall–Kier alpha value is -1.33. The second-order valence-electron chi connectivity index (χ2n) is 5.45. The Kier molecular flexibility index (Phi) is 5.42. The molecule has 0 aromatic carbocycles. The number of anilines is 1. The average molecular weight is 312 g/mol. The molecule has 1 N–H and O–H groups in total. The van der Waals surface area contributed by atoms with E-state index in [1.807, 2.05) is 13.8 Å². The zero-order valence-corrected chi connectivity index (χ0v) is 13.5. The number of hydrogen-bond acceptors (Lipinski definition) is 4. The smallest absolute Gasteiger partial charge is 0.255 e. The molecule has 1 fully saturated rings. The lowest BCUT2D eigenvalue weighted by atomic mass is 10.2. The lowest BCUT2D eigenvalue weighted by molar-refractivity contribution is -0.0586. The predicted octanol–water partition coefficient (Wildman–Crippen LogP) is 2.81. The van der Waals surface area contributed by atoms with Crippen molar-refractivity contribution in [3.05, 3.63) is 22.8 Å². The number of amides is 1. The summed E-state index contributed by atoms with van der Waals surface area (Å²) in [4.78, 5) is 18.6. The summed E-state index contributed by atoms with van der Waals surface area (Å²) in [6, 6.07) is 1.68. The third kappa shape index (κ3) is 4.08. The van der Waals surface area contributed by atoms with Gasteiger partial charge in [-0.25, -0.2) is 4.98 Å². The number of carbonyl (C=O) groups is 1. The molecular formula is C15H22ClN3O2. The van der Waals surface area contributed by atoms with Gasteiger partial charge in [-0.3, -0.25) is 4.79 Å². The number of hydrogen-bond donors (Lipinski definition) is 1. The van der Waals surface area contributed by atoms with Crippen LogP contribution < -0.4 is 5.32 Å². The first-order chi connectivity index (χ1) is 10.0. The van der Waals surface area contributed by atoms with E-state index in [1.165, 1.54) is 0 Å². The van der Waals surface area contributed by atoms with Crippen LogP contribution in [0.1, 0.15) is 37.6 Å². The second-order valence-corrected chi connectivity index (χ2v) is 5.86. The highest BCUT2D eigenvalue weighted by molar-refractivity contribution is 6.33. The Bertz CT molecular complexity index is 500. The molecule has 2 heterocycles. The number of halogens is 1. The third-order valence-electron chi connectivity index (χ3n) is 3.34. The summed E-state index contributed by atoms with van der Waals surface area (Å²) in [5.41, 5.74) is 0.517. The Labute approximate surface area is 130 Å². The number of carbonyl (C=O) groups excluding carboxylic acids is 1. The molecule has 1 saturated heterocycles. The van der Waals surface area contributed by atoms with Crippen molar-refractivity contribution in [3.63, 3.8) is 0 Å². The van der Waals surface area contributed by atoms with Crippen molar-refractivity contribution in [2.24, 2.45) is 0 Å². The minimum absolute atomic E-state index is 0.0477. The SMILES string of the molecule is CCCNc1ncc(C(=O)N2CC(C)OC(C)C2)cc1Cl. The molecule has 6 heteroatoms. The molecule has 21 heavy (non-hydrogen) atoms. The van der Waals surface area contributed by atoms with E-state index in [2.05, 4.69) is 17.2 Å². The van der Waals surface area contributed by atoms with Gasteiger partial charge in [-0.15, -0.1) is 0 Å². The van der Waals surface area contributed by atoms with Gasteiger partial charge in [0, 0.05) is 25.8 Å². The number of nitrogens with one attached hydrogen (secondary N) is 1. The standard InChI is InChI=1S/C15H22ClN3O2/c1-4-5-17-14-13(16)6-12(7-18-14)15(20)19-8-10(2)21-11(3)9-19/h6-7,10-11H,4-5,8-9H2,1-3H3,(H,17,18). The first kappa shape index (κ1) is 16.0.